The molecule has 3 unspecified atom stereocenters. The van der Waals surface area contributed by atoms with E-state index < -0.39 is 24.3 Å². The van der Waals surface area contributed by atoms with Crippen molar-refractivity contribution >= 4 is 17.5 Å². The molecule has 0 radical (unpaired) electrons. The van der Waals surface area contributed by atoms with Gasteiger partial charge in [0.25, 0.3) is 5.92 Å². The van der Waals surface area contributed by atoms with Crippen molar-refractivity contribution in [2.75, 3.05) is 5.32 Å². The number of rotatable bonds is 10. The second kappa shape index (κ2) is 13.0. The van der Waals surface area contributed by atoms with Crippen molar-refractivity contribution in [3.8, 4) is 0 Å². The van der Waals surface area contributed by atoms with E-state index in [4.69, 9.17) is 9.73 Å². The number of allylic oxidation sites excluding steroid dienone is 1. The van der Waals surface area contributed by atoms with E-state index in [0.717, 1.165) is 36.8 Å². The van der Waals surface area contributed by atoms with Gasteiger partial charge in [-0.25, -0.2) is 4.99 Å². The number of nitrogens with zero attached hydrogens (tertiary/aromatic N) is 1. The predicted molar refractivity (Wildman–Crippen MR) is 160 cm³/mol. The summed E-state index contributed by atoms with van der Waals surface area (Å²) in [6.45, 7) is 4.74. The molecular weight excluding hydrogens is 536 g/mol. The summed E-state index contributed by atoms with van der Waals surface area (Å²) in [6.07, 6.45) is 3.34. The molecule has 3 aromatic carbocycles. The van der Waals surface area contributed by atoms with Gasteiger partial charge in [-0.15, -0.1) is 0 Å². The standard InChI is InChI=1S/C34H37F2N3O3/c1-22(2)34(35,36)28-16-10-9-15-26(28)21-37-32(41)29-30(42-33(39-29)25-13-7-4-8-14-25)23-17-19-27(20-18-23)38-31(40)24-11-5-3-6-12-24/h4,7-10,13-20,24,29-30,32,37,41H,1,3,5-6,11-12,21H2,2H3,(H,38,40). The third-order valence-electron chi connectivity index (χ3n) is 8.04. The fraction of sp³-hybridized carbons (Fsp3) is 0.353. The number of benzene rings is 3. The number of ether oxygens (including phenoxy) is 1. The molecule has 8 heteroatoms. The first-order chi connectivity index (χ1) is 20.2. The van der Waals surface area contributed by atoms with Crippen molar-refractivity contribution in [3.63, 3.8) is 0 Å². The van der Waals surface area contributed by atoms with E-state index >= 15 is 0 Å². The van der Waals surface area contributed by atoms with Crippen LogP contribution in [0.2, 0.25) is 0 Å². The Morgan fingerprint density at radius 2 is 1.69 bits per heavy atom. The average molecular weight is 574 g/mol. The number of hydrogen-bond acceptors (Lipinski definition) is 5. The van der Waals surface area contributed by atoms with Crippen LogP contribution in [0.15, 0.2) is 96.0 Å². The number of anilines is 1. The Labute approximate surface area is 245 Å². The molecule has 0 bridgehead atoms. The number of carbonyl (C=O) groups excluding carboxylic acids is 1. The van der Waals surface area contributed by atoms with E-state index in [1.807, 2.05) is 54.6 Å². The predicted octanol–water partition coefficient (Wildman–Crippen LogP) is 6.87. The summed E-state index contributed by atoms with van der Waals surface area (Å²) in [6, 6.07) is 22.2. The second-order valence-electron chi connectivity index (χ2n) is 11.1. The third-order valence-corrected chi connectivity index (χ3v) is 8.04. The molecule has 3 atom stereocenters. The van der Waals surface area contributed by atoms with Gasteiger partial charge in [0.1, 0.15) is 12.3 Å². The SMILES string of the molecule is C=C(C)C(F)(F)c1ccccc1CNC(O)C1N=C(c2ccccc2)OC1c1ccc(NC(=O)C2CCCCC2)cc1. The highest BCUT2D eigenvalue weighted by Gasteiger charge is 2.39. The molecule has 1 amide bonds. The number of amides is 1. The lowest BCUT2D eigenvalue weighted by Gasteiger charge is -2.25. The van der Waals surface area contributed by atoms with Crippen LogP contribution in [0.5, 0.6) is 0 Å². The molecule has 6 nitrogen and oxygen atoms in total. The zero-order chi connectivity index (χ0) is 29.7. The Bertz CT molecular complexity index is 1420. The quantitative estimate of drug-likeness (QED) is 0.183. The lowest BCUT2D eigenvalue weighted by molar-refractivity contribution is -0.120. The summed E-state index contributed by atoms with van der Waals surface area (Å²) in [5.41, 5.74) is 2.17. The zero-order valence-electron chi connectivity index (χ0n) is 23.7. The van der Waals surface area contributed by atoms with E-state index in [1.165, 1.54) is 19.4 Å². The van der Waals surface area contributed by atoms with Crippen LogP contribution in [0, 0.1) is 5.92 Å². The minimum absolute atomic E-state index is 0.00818. The maximum atomic E-state index is 14.8. The van der Waals surface area contributed by atoms with Crippen molar-refractivity contribution in [3.05, 3.63) is 113 Å². The summed E-state index contributed by atoms with van der Waals surface area (Å²) >= 11 is 0. The molecule has 3 N–H and O–H groups in total. The smallest absolute Gasteiger partial charge is 0.294 e. The van der Waals surface area contributed by atoms with Gasteiger partial charge >= 0.3 is 0 Å². The van der Waals surface area contributed by atoms with Gasteiger partial charge in [0.05, 0.1) is 0 Å². The second-order valence-corrected chi connectivity index (χ2v) is 11.1. The molecular formula is C34H37F2N3O3. The van der Waals surface area contributed by atoms with Gasteiger partial charge in [-0.05, 0) is 60.7 Å². The van der Waals surface area contributed by atoms with Crippen molar-refractivity contribution in [1.82, 2.24) is 5.32 Å². The fourth-order valence-corrected chi connectivity index (χ4v) is 5.56. The number of aliphatic imine (C=N–C) groups is 1. The maximum Gasteiger partial charge on any atom is 0.294 e. The molecule has 42 heavy (non-hydrogen) atoms. The van der Waals surface area contributed by atoms with Gasteiger partial charge in [0.15, 0.2) is 6.10 Å². The fourth-order valence-electron chi connectivity index (χ4n) is 5.56. The largest absolute Gasteiger partial charge is 0.467 e. The van der Waals surface area contributed by atoms with Gasteiger partial charge in [0, 0.05) is 29.3 Å². The molecule has 220 valence electrons. The molecule has 1 saturated carbocycles. The molecule has 0 spiro atoms. The summed E-state index contributed by atoms with van der Waals surface area (Å²) in [5.74, 6) is -2.72. The van der Waals surface area contributed by atoms with Crippen LogP contribution in [-0.4, -0.2) is 29.2 Å². The molecule has 1 heterocycles. The summed E-state index contributed by atoms with van der Waals surface area (Å²) in [7, 11) is 0. The number of carbonyl (C=O) groups is 1. The summed E-state index contributed by atoms with van der Waals surface area (Å²) < 4.78 is 36.0. The normalized spacial score (nSPS) is 20.0. The highest BCUT2D eigenvalue weighted by Crippen LogP contribution is 2.37. The number of nitrogens with one attached hydrogen (secondary N) is 2. The van der Waals surface area contributed by atoms with Crippen LogP contribution in [-0.2, 0) is 22.0 Å². The Hall–Kier alpha value is -3.88. The van der Waals surface area contributed by atoms with E-state index in [0.29, 0.717) is 17.1 Å². The molecule has 1 aliphatic heterocycles. The summed E-state index contributed by atoms with van der Waals surface area (Å²) in [5, 5.41) is 17.3. The Kier molecular flexibility index (Phi) is 9.14. The van der Waals surface area contributed by atoms with Crippen LogP contribution >= 0.6 is 0 Å². The Morgan fingerprint density at radius 3 is 2.38 bits per heavy atom. The minimum Gasteiger partial charge on any atom is -0.467 e. The van der Waals surface area contributed by atoms with Crippen LogP contribution in [0.4, 0.5) is 14.5 Å². The highest BCUT2D eigenvalue weighted by molar-refractivity contribution is 5.95. The maximum absolute atomic E-state index is 14.8. The number of alkyl halides is 2. The number of halogens is 2. The monoisotopic (exact) mass is 573 g/mol. The van der Waals surface area contributed by atoms with Crippen LogP contribution < -0.4 is 10.6 Å². The van der Waals surface area contributed by atoms with Crippen molar-refractivity contribution in [1.29, 1.82) is 0 Å². The van der Waals surface area contributed by atoms with Gasteiger partial charge in [-0.2, -0.15) is 8.78 Å². The number of hydrogen-bond donors (Lipinski definition) is 3. The van der Waals surface area contributed by atoms with Crippen LogP contribution in [0.1, 0.15) is 67.4 Å². The van der Waals surface area contributed by atoms with E-state index in [2.05, 4.69) is 17.2 Å². The number of aliphatic hydroxyl groups is 1. The zero-order valence-corrected chi connectivity index (χ0v) is 23.7. The first-order valence-electron chi connectivity index (χ1n) is 14.5. The van der Waals surface area contributed by atoms with Gasteiger partial charge in [-0.3, -0.25) is 10.1 Å². The van der Waals surface area contributed by atoms with E-state index in [9.17, 15) is 18.7 Å². The van der Waals surface area contributed by atoms with Crippen LogP contribution in [0.3, 0.4) is 0 Å². The third kappa shape index (κ3) is 6.61. The topological polar surface area (TPSA) is 82.9 Å². The average Bonchev–Trinajstić information content (AvgIpc) is 3.47. The van der Waals surface area contributed by atoms with Crippen molar-refractivity contribution < 1.29 is 23.4 Å². The lowest BCUT2D eigenvalue weighted by Crippen LogP contribution is -2.40. The first kappa shape index (κ1) is 29.6. The molecule has 0 aromatic heterocycles. The van der Waals surface area contributed by atoms with Gasteiger partial charge < -0.3 is 15.2 Å². The molecule has 1 fully saturated rings. The molecule has 1 aliphatic carbocycles. The highest BCUT2D eigenvalue weighted by atomic mass is 19.3. The Balaban J connectivity index is 1.34. The molecule has 2 aliphatic rings. The lowest BCUT2D eigenvalue weighted by atomic mass is 9.88. The van der Waals surface area contributed by atoms with Gasteiger partial charge in [-0.1, -0.05) is 80.4 Å². The Morgan fingerprint density at radius 1 is 1.02 bits per heavy atom. The minimum atomic E-state index is -3.20. The van der Waals surface area contributed by atoms with E-state index in [-0.39, 0.29) is 29.5 Å². The summed E-state index contributed by atoms with van der Waals surface area (Å²) in [4.78, 5) is 17.4. The van der Waals surface area contributed by atoms with Crippen molar-refractivity contribution in [2.45, 2.75) is 69.9 Å². The van der Waals surface area contributed by atoms with E-state index in [1.54, 1.807) is 18.2 Å². The molecule has 0 saturated heterocycles. The van der Waals surface area contributed by atoms with Crippen LogP contribution in [0.25, 0.3) is 0 Å². The van der Waals surface area contributed by atoms with Gasteiger partial charge in [0.2, 0.25) is 11.8 Å². The molecule has 5 rings (SSSR count). The van der Waals surface area contributed by atoms with Crippen molar-refractivity contribution in [2.24, 2.45) is 10.9 Å². The first-order valence-corrected chi connectivity index (χ1v) is 14.5. The number of aliphatic hydroxyl groups excluding tert-OH is 1. The molecule has 3 aromatic rings.